The first-order valence-corrected chi connectivity index (χ1v) is 9.23. The van der Waals surface area contributed by atoms with Crippen molar-refractivity contribution in [3.63, 3.8) is 0 Å². The summed E-state index contributed by atoms with van der Waals surface area (Å²) in [5.74, 6) is 1.45. The van der Waals surface area contributed by atoms with Crippen LogP contribution in [-0.2, 0) is 11.2 Å². The average molecular weight is 333 g/mol. The van der Waals surface area contributed by atoms with Gasteiger partial charge in [-0.2, -0.15) is 0 Å². The first kappa shape index (κ1) is 16.0. The molecular weight excluding hydrogens is 306 g/mol. The molecule has 7 nitrogen and oxygen atoms in total. The molecule has 0 spiro atoms. The number of nitrogens with one attached hydrogen (secondary N) is 2. The molecule has 7 heteroatoms. The van der Waals surface area contributed by atoms with Gasteiger partial charge >= 0.3 is 0 Å². The molecule has 1 aromatic rings. The Morgan fingerprint density at radius 1 is 1.33 bits per heavy atom. The normalized spacial score (nSPS) is 33.0. The van der Waals surface area contributed by atoms with Gasteiger partial charge in [0, 0.05) is 18.6 Å². The zero-order valence-electron chi connectivity index (χ0n) is 14.3. The van der Waals surface area contributed by atoms with E-state index >= 15 is 0 Å². The van der Waals surface area contributed by atoms with E-state index in [1.165, 1.54) is 32.2 Å². The molecule has 4 rings (SSSR count). The molecule has 2 N–H and O–H groups in total. The largest absolute Gasteiger partial charge is 0.354 e. The molecule has 132 valence electrons. The fourth-order valence-electron chi connectivity index (χ4n) is 4.89. The summed E-state index contributed by atoms with van der Waals surface area (Å²) < 4.78 is 4.67. The van der Waals surface area contributed by atoms with Crippen molar-refractivity contribution in [2.45, 2.75) is 51.1 Å². The van der Waals surface area contributed by atoms with E-state index < -0.39 is 0 Å². The van der Waals surface area contributed by atoms with Crippen LogP contribution in [0.15, 0.2) is 4.63 Å². The lowest BCUT2D eigenvalue weighted by atomic mass is 9.73. The Bertz CT molecular complexity index is 589. The molecule has 1 aromatic heterocycles. The van der Waals surface area contributed by atoms with Gasteiger partial charge < -0.3 is 10.6 Å². The Morgan fingerprint density at radius 3 is 3.04 bits per heavy atom. The second-order valence-electron chi connectivity index (χ2n) is 7.56. The number of hydrogen-bond acceptors (Lipinski definition) is 6. The molecule has 0 aliphatic carbocycles. The molecular formula is C17H27N5O2. The van der Waals surface area contributed by atoms with Crippen molar-refractivity contribution in [2.75, 3.05) is 26.2 Å². The van der Waals surface area contributed by atoms with Crippen molar-refractivity contribution in [1.82, 2.24) is 25.8 Å². The highest BCUT2D eigenvalue weighted by molar-refractivity contribution is 5.78. The fourth-order valence-corrected chi connectivity index (χ4v) is 4.89. The van der Waals surface area contributed by atoms with E-state index in [1.807, 2.05) is 6.92 Å². The summed E-state index contributed by atoms with van der Waals surface area (Å²) in [6.45, 7) is 5.97. The van der Waals surface area contributed by atoms with Crippen LogP contribution in [-0.4, -0.2) is 59.4 Å². The topological polar surface area (TPSA) is 83.3 Å². The van der Waals surface area contributed by atoms with Crippen LogP contribution in [0.1, 0.15) is 37.1 Å². The van der Waals surface area contributed by atoms with E-state index in [2.05, 4.69) is 30.5 Å². The molecule has 4 heterocycles. The molecule has 0 saturated carbocycles. The van der Waals surface area contributed by atoms with Crippen LogP contribution in [0, 0.1) is 18.8 Å². The number of amides is 1. The molecule has 24 heavy (non-hydrogen) atoms. The molecule has 2 bridgehead atoms. The molecule has 3 fully saturated rings. The van der Waals surface area contributed by atoms with Crippen molar-refractivity contribution in [1.29, 1.82) is 0 Å². The molecule has 0 radical (unpaired) electrons. The molecule has 3 saturated heterocycles. The summed E-state index contributed by atoms with van der Waals surface area (Å²) in [6, 6.07) is 1.16. The van der Waals surface area contributed by atoms with Gasteiger partial charge in [-0.3, -0.25) is 9.69 Å². The molecule has 0 unspecified atom stereocenters. The average Bonchev–Trinajstić information content (AvgIpc) is 3.00. The number of aryl methyl sites for hydroxylation is 1. The van der Waals surface area contributed by atoms with Crippen LogP contribution in [0.2, 0.25) is 0 Å². The third-order valence-corrected chi connectivity index (χ3v) is 6.11. The lowest BCUT2D eigenvalue weighted by Crippen LogP contribution is -2.65. The number of piperidine rings is 3. The van der Waals surface area contributed by atoms with Crippen LogP contribution < -0.4 is 10.6 Å². The second-order valence-corrected chi connectivity index (χ2v) is 7.56. The molecule has 3 aliphatic heterocycles. The van der Waals surface area contributed by atoms with Gasteiger partial charge in [-0.05, 0) is 57.7 Å². The summed E-state index contributed by atoms with van der Waals surface area (Å²) >= 11 is 0. The van der Waals surface area contributed by atoms with Crippen LogP contribution in [0.5, 0.6) is 0 Å². The van der Waals surface area contributed by atoms with Crippen molar-refractivity contribution < 1.29 is 9.42 Å². The van der Waals surface area contributed by atoms with Gasteiger partial charge in [0.25, 0.3) is 0 Å². The second kappa shape index (κ2) is 6.80. The van der Waals surface area contributed by atoms with E-state index in [-0.39, 0.29) is 12.3 Å². The highest BCUT2D eigenvalue weighted by atomic mass is 16.6. The number of carbonyl (C=O) groups excluding carboxylic acids is 1. The maximum atomic E-state index is 12.3. The minimum absolute atomic E-state index is 0.00764. The van der Waals surface area contributed by atoms with Crippen LogP contribution >= 0.6 is 0 Å². The van der Waals surface area contributed by atoms with Crippen molar-refractivity contribution in [3.8, 4) is 0 Å². The van der Waals surface area contributed by atoms with Gasteiger partial charge in [-0.25, -0.2) is 4.63 Å². The Kier molecular flexibility index (Phi) is 4.54. The van der Waals surface area contributed by atoms with E-state index in [0.717, 1.165) is 25.6 Å². The minimum Gasteiger partial charge on any atom is -0.354 e. The Labute approximate surface area is 142 Å². The summed E-state index contributed by atoms with van der Waals surface area (Å²) in [7, 11) is 0. The van der Waals surface area contributed by atoms with Crippen LogP contribution in [0.3, 0.4) is 0 Å². The Balaban J connectivity index is 1.39. The number of aromatic nitrogens is 2. The van der Waals surface area contributed by atoms with Gasteiger partial charge in [-0.1, -0.05) is 16.7 Å². The van der Waals surface area contributed by atoms with Crippen LogP contribution in [0.25, 0.3) is 0 Å². The highest BCUT2D eigenvalue weighted by Gasteiger charge is 2.45. The predicted octanol–water partition coefficient (Wildman–Crippen LogP) is 0.499. The molecule has 1 amide bonds. The molecule has 3 aliphatic rings. The third kappa shape index (κ3) is 3.07. The predicted molar refractivity (Wildman–Crippen MR) is 88.3 cm³/mol. The number of carbonyl (C=O) groups is 1. The van der Waals surface area contributed by atoms with Gasteiger partial charge in [0.1, 0.15) is 11.4 Å². The molecule has 0 aromatic carbocycles. The third-order valence-electron chi connectivity index (χ3n) is 6.11. The van der Waals surface area contributed by atoms with Crippen molar-refractivity contribution in [3.05, 3.63) is 11.4 Å². The lowest BCUT2D eigenvalue weighted by molar-refractivity contribution is -0.121. The van der Waals surface area contributed by atoms with Crippen molar-refractivity contribution in [2.24, 2.45) is 11.8 Å². The first-order valence-electron chi connectivity index (χ1n) is 9.23. The van der Waals surface area contributed by atoms with Gasteiger partial charge in [0.05, 0.1) is 6.42 Å². The van der Waals surface area contributed by atoms with Gasteiger partial charge in [0.2, 0.25) is 5.91 Å². The summed E-state index contributed by atoms with van der Waals surface area (Å²) in [4.78, 5) is 15.0. The summed E-state index contributed by atoms with van der Waals surface area (Å²) in [5, 5.41) is 14.3. The SMILES string of the molecule is Cc1nonc1CC(=O)NC[C@H]1[C@@H]2CNC[C@@H](C2)[C@@H]2CCCCN21. The maximum absolute atomic E-state index is 12.3. The van der Waals surface area contributed by atoms with Crippen LogP contribution in [0.4, 0.5) is 0 Å². The zero-order valence-corrected chi connectivity index (χ0v) is 14.3. The van der Waals surface area contributed by atoms with Gasteiger partial charge in [0.15, 0.2) is 0 Å². The lowest BCUT2D eigenvalue weighted by Gasteiger charge is -2.55. The van der Waals surface area contributed by atoms with Gasteiger partial charge in [-0.15, -0.1) is 0 Å². The first-order chi connectivity index (χ1) is 11.7. The van der Waals surface area contributed by atoms with E-state index in [1.54, 1.807) is 0 Å². The van der Waals surface area contributed by atoms with E-state index in [9.17, 15) is 4.79 Å². The quantitative estimate of drug-likeness (QED) is 0.835. The summed E-state index contributed by atoms with van der Waals surface area (Å²) in [5.41, 5.74) is 1.32. The van der Waals surface area contributed by atoms with Crippen molar-refractivity contribution >= 4 is 5.91 Å². The Hall–Kier alpha value is -1.47. The number of fused-ring (bicyclic) bond motifs is 4. The maximum Gasteiger partial charge on any atom is 0.226 e. The number of nitrogens with zero attached hydrogens (tertiary/aromatic N) is 3. The van der Waals surface area contributed by atoms with E-state index in [4.69, 9.17) is 0 Å². The number of rotatable bonds is 4. The minimum atomic E-state index is 0.00764. The monoisotopic (exact) mass is 333 g/mol. The highest BCUT2D eigenvalue weighted by Crippen LogP contribution is 2.38. The Morgan fingerprint density at radius 2 is 2.21 bits per heavy atom. The summed E-state index contributed by atoms with van der Waals surface area (Å²) in [6.07, 6.45) is 5.50. The molecule has 4 atom stereocenters. The number of hydrogen-bond donors (Lipinski definition) is 2. The van der Waals surface area contributed by atoms with E-state index in [0.29, 0.717) is 29.4 Å². The standard InChI is InChI=1S/C17H27N5O2/c1-11-14(21-24-20-11)7-17(23)19-10-16-13-6-12(8-18-9-13)15-4-2-3-5-22(15)16/h12-13,15-16,18H,2-10H2,1H3,(H,19,23)/t12-,13+,15+,16+/m1/s1. The fraction of sp³-hybridized carbons (Fsp3) is 0.824. The smallest absolute Gasteiger partial charge is 0.226 e. The zero-order chi connectivity index (χ0) is 16.5.